The van der Waals surface area contributed by atoms with Crippen molar-refractivity contribution < 1.29 is 19.4 Å². The van der Waals surface area contributed by atoms with Crippen LogP contribution in [0.1, 0.15) is 44.6 Å². The Morgan fingerprint density at radius 1 is 1.12 bits per heavy atom. The first-order chi connectivity index (χ1) is 16.1. The molecule has 0 bridgehead atoms. The highest BCUT2D eigenvalue weighted by molar-refractivity contribution is 6.03. The fourth-order valence-electron chi connectivity index (χ4n) is 4.20. The quantitative estimate of drug-likeness (QED) is 0.291. The number of ketones is 1. The Hall–Kier alpha value is -2.72. The smallest absolute Gasteiger partial charge is 0.173 e. The number of rotatable bonds is 12. The molecule has 6 nitrogen and oxygen atoms in total. The maximum absolute atomic E-state index is 12.5. The summed E-state index contributed by atoms with van der Waals surface area (Å²) < 4.78 is 10.5. The van der Waals surface area contributed by atoms with Crippen LogP contribution in [-0.2, 0) is 14.3 Å². The fraction of sp³-hybridized carbons (Fsp3) is 0.481. The maximum atomic E-state index is 12.5. The Bertz CT molecular complexity index is 995. The van der Waals surface area contributed by atoms with Gasteiger partial charge in [0.15, 0.2) is 5.78 Å². The van der Waals surface area contributed by atoms with E-state index in [1.165, 1.54) is 24.9 Å². The number of anilines is 1. The number of aliphatic hydroxyl groups excluding tert-OH is 1. The van der Waals surface area contributed by atoms with Crippen molar-refractivity contribution >= 4 is 28.3 Å². The predicted molar refractivity (Wildman–Crippen MR) is 131 cm³/mol. The first kappa shape index (κ1) is 24.9. The molecule has 0 spiro atoms. The van der Waals surface area contributed by atoms with Crippen molar-refractivity contribution in [2.45, 2.75) is 45.1 Å². The summed E-state index contributed by atoms with van der Waals surface area (Å²) in [7, 11) is 0. The van der Waals surface area contributed by atoms with E-state index in [0.29, 0.717) is 38.9 Å². The zero-order valence-corrected chi connectivity index (χ0v) is 19.5. The molecule has 0 radical (unpaired) electrons. The lowest BCUT2D eigenvalue weighted by Crippen LogP contribution is -2.37. The molecule has 1 aliphatic heterocycles. The SMILES string of the molecule is CC1CCCCN1c1ccc2cc(/C=C(\C#N)C(=O)CCCOCCOCCO)ccc2c1. The number of ether oxygens (including phenoxy) is 2. The molecule has 2 aromatic rings. The number of hydrogen-bond acceptors (Lipinski definition) is 6. The molecule has 1 fully saturated rings. The number of aliphatic hydroxyl groups is 1. The lowest BCUT2D eigenvalue weighted by atomic mass is 10.00. The van der Waals surface area contributed by atoms with Gasteiger partial charge in [0, 0.05) is 31.3 Å². The van der Waals surface area contributed by atoms with Gasteiger partial charge in [0.25, 0.3) is 0 Å². The van der Waals surface area contributed by atoms with Gasteiger partial charge in [-0.25, -0.2) is 0 Å². The Kier molecular flexibility index (Phi) is 9.89. The molecular weight excluding hydrogens is 416 g/mol. The molecule has 33 heavy (non-hydrogen) atoms. The number of nitriles is 1. The van der Waals surface area contributed by atoms with E-state index >= 15 is 0 Å². The molecule has 1 saturated heterocycles. The molecule has 0 amide bonds. The molecule has 1 aliphatic rings. The van der Waals surface area contributed by atoms with E-state index in [2.05, 4.69) is 42.2 Å². The summed E-state index contributed by atoms with van der Waals surface area (Å²) in [6.45, 7) is 4.95. The van der Waals surface area contributed by atoms with E-state index in [1.54, 1.807) is 6.08 Å². The number of piperidine rings is 1. The molecule has 0 saturated carbocycles. The van der Waals surface area contributed by atoms with Gasteiger partial charge in [-0.15, -0.1) is 0 Å². The second-order valence-corrected chi connectivity index (χ2v) is 8.47. The predicted octanol–water partition coefficient (Wildman–Crippen LogP) is 4.50. The summed E-state index contributed by atoms with van der Waals surface area (Å²) in [6.07, 6.45) is 6.26. The van der Waals surface area contributed by atoms with Crippen molar-refractivity contribution in [3.63, 3.8) is 0 Å². The first-order valence-corrected chi connectivity index (χ1v) is 11.8. The van der Waals surface area contributed by atoms with Crippen LogP contribution in [0.15, 0.2) is 42.0 Å². The number of hydrogen-bond donors (Lipinski definition) is 1. The van der Waals surface area contributed by atoms with Crippen LogP contribution in [-0.4, -0.2) is 56.5 Å². The second-order valence-electron chi connectivity index (χ2n) is 8.47. The molecule has 0 aromatic heterocycles. The van der Waals surface area contributed by atoms with Crippen molar-refractivity contribution in [2.75, 3.05) is 44.5 Å². The van der Waals surface area contributed by atoms with Crippen LogP contribution in [0.3, 0.4) is 0 Å². The standard InChI is InChI=1S/C27H34N2O4/c1-21-5-2-3-11-29(21)26-10-9-23-17-22(7-8-24(23)19-26)18-25(20-28)27(31)6-4-13-32-15-16-33-14-12-30/h7-10,17-19,21,30H,2-6,11-16H2,1H3/b25-18+. The van der Waals surface area contributed by atoms with Crippen LogP contribution in [0.2, 0.25) is 0 Å². The van der Waals surface area contributed by atoms with Gasteiger partial charge in [0.05, 0.1) is 32.0 Å². The van der Waals surface area contributed by atoms with Crippen molar-refractivity contribution in [1.82, 2.24) is 0 Å². The van der Waals surface area contributed by atoms with E-state index in [1.807, 2.05) is 12.1 Å². The lowest BCUT2D eigenvalue weighted by molar-refractivity contribution is -0.115. The van der Waals surface area contributed by atoms with Crippen LogP contribution >= 0.6 is 0 Å². The zero-order chi connectivity index (χ0) is 23.5. The molecule has 6 heteroatoms. The van der Waals surface area contributed by atoms with Crippen molar-refractivity contribution in [3.8, 4) is 6.07 Å². The average Bonchev–Trinajstić information content (AvgIpc) is 2.84. The Balaban J connectivity index is 1.58. The molecule has 3 rings (SSSR count). The normalized spacial score (nSPS) is 16.7. The van der Waals surface area contributed by atoms with E-state index in [4.69, 9.17) is 14.6 Å². The van der Waals surface area contributed by atoms with Gasteiger partial charge in [0.1, 0.15) is 6.07 Å². The monoisotopic (exact) mass is 450 g/mol. The highest BCUT2D eigenvalue weighted by Crippen LogP contribution is 2.28. The van der Waals surface area contributed by atoms with E-state index in [9.17, 15) is 10.1 Å². The first-order valence-electron chi connectivity index (χ1n) is 11.8. The van der Waals surface area contributed by atoms with E-state index in [-0.39, 0.29) is 24.4 Å². The third-order valence-corrected chi connectivity index (χ3v) is 6.01. The van der Waals surface area contributed by atoms with E-state index in [0.717, 1.165) is 22.9 Å². The Labute approximate surface area is 196 Å². The Morgan fingerprint density at radius 2 is 1.88 bits per heavy atom. The minimum Gasteiger partial charge on any atom is -0.394 e. The van der Waals surface area contributed by atoms with Gasteiger partial charge >= 0.3 is 0 Å². The van der Waals surface area contributed by atoms with Crippen LogP contribution in [0.25, 0.3) is 16.8 Å². The van der Waals surface area contributed by atoms with Crippen molar-refractivity contribution in [2.24, 2.45) is 0 Å². The minimum absolute atomic E-state index is 0.00605. The number of benzene rings is 2. The summed E-state index contributed by atoms with van der Waals surface area (Å²) in [4.78, 5) is 14.9. The maximum Gasteiger partial charge on any atom is 0.173 e. The van der Waals surface area contributed by atoms with Gasteiger partial charge < -0.3 is 19.5 Å². The van der Waals surface area contributed by atoms with Crippen LogP contribution in [0.5, 0.6) is 0 Å². The van der Waals surface area contributed by atoms with Crippen molar-refractivity contribution in [3.05, 3.63) is 47.5 Å². The third kappa shape index (κ3) is 7.40. The second kappa shape index (κ2) is 13.1. The summed E-state index contributed by atoms with van der Waals surface area (Å²) in [6, 6.07) is 15.2. The summed E-state index contributed by atoms with van der Waals surface area (Å²) in [5.41, 5.74) is 2.27. The number of nitrogens with zero attached hydrogens (tertiary/aromatic N) is 2. The highest BCUT2D eigenvalue weighted by atomic mass is 16.5. The van der Waals surface area contributed by atoms with Gasteiger partial charge in [-0.3, -0.25) is 4.79 Å². The molecular formula is C27H34N2O4. The average molecular weight is 451 g/mol. The topological polar surface area (TPSA) is 82.8 Å². The summed E-state index contributed by atoms with van der Waals surface area (Å²) in [5, 5.41) is 20.4. The van der Waals surface area contributed by atoms with Crippen LogP contribution in [0, 0.1) is 11.3 Å². The van der Waals surface area contributed by atoms with Crippen LogP contribution in [0.4, 0.5) is 5.69 Å². The number of Topliss-reactive ketones (excluding diaryl/α,β-unsaturated/α-hetero) is 1. The lowest BCUT2D eigenvalue weighted by Gasteiger charge is -2.35. The van der Waals surface area contributed by atoms with Gasteiger partial charge in [-0.1, -0.05) is 18.2 Å². The van der Waals surface area contributed by atoms with Gasteiger partial charge in [-0.2, -0.15) is 5.26 Å². The number of carbonyl (C=O) groups excluding carboxylic acids is 1. The van der Waals surface area contributed by atoms with Crippen molar-refractivity contribution in [1.29, 1.82) is 5.26 Å². The molecule has 1 atom stereocenters. The van der Waals surface area contributed by atoms with Crippen LogP contribution < -0.4 is 4.90 Å². The number of carbonyl (C=O) groups is 1. The van der Waals surface area contributed by atoms with Gasteiger partial charge in [0.2, 0.25) is 0 Å². The number of allylic oxidation sites excluding steroid dienone is 1. The molecule has 1 unspecified atom stereocenters. The van der Waals surface area contributed by atoms with E-state index < -0.39 is 0 Å². The highest BCUT2D eigenvalue weighted by Gasteiger charge is 2.18. The molecule has 0 aliphatic carbocycles. The molecule has 1 N–H and O–H groups in total. The number of fused-ring (bicyclic) bond motifs is 1. The zero-order valence-electron chi connectivity index (χ0n) is 19.5. The largest absolute Gasteiger partial charge is 0.394 e. The Morgan fingerprint density at radius 3 is 2.64 bits per heavy atom. The molecule has 176 valence electrons. The third-order valence-electron chi connectivity index (χ3n) is 6.01. The summed E-state index contributed by atoms with van der Waals surface area (Å²) in [5.74, 6) is -0.174. The molecule has 1 heterocycles. The van der Waals surface area contributed by atoms with Gasteiger partial charge in [-0.05, 0) is 73.2 Å². The molecule has 2 aromatic carbocycles. The fourth-order valence-corrected chi connectivity index (χ4v) is 4.20. The minimum atomic E-state index is -0.174. The summed E-state index contributed by atoms with van der Waals surface area (Å²) >= 11 is 0.